The van der Waals surface area contributed by atoms with Crippen LogP contribution in [0.4, 0.5) is 0 Å². The lowest BCUT2D eigenvalue weighted by molar-refractivity contribution is -0.00482. The number of ether oxygens (including phenoxy) is 1. The van der Waals surface area contributed by atoms with E-state index in [-0.39, 0.29) is 12.5 Å². The summed E-state index contributed by atoms with van der Waals surface area (Å²) < 4.78 is 5.85. The summed E-state index contributed by atoms with van der Waals surface area (Å²) in [5.74, 6) is -0.0484. The van der Waals surface area contributed by atoms with Crippen LogP contribution in [0.5, 0.6) is 0 Å². The Kier molecular flexibility index (Phi) is 3.61. The molecule has 4 atom stereocenters. The molecule has 0 amide bonds. The lowest BCUT2D eigenvalue weighted by Gasteiger charge is -2.14. The smallest absolute Gasteiger partial charge is 0.109 e. The first kappa shape index (κ1) is 9.76. The summed E-state index contributed by atoms with van der Waals surface area (Å²) in [6, 6.07) is -0.431. The van der Waals surface area contributed by atoms with E-state index < -0.39 is 18.2 Å². The first-order valence-electron chi connectivity index (χ1n) is 3.46. The Morgan fingerprint density at radius 3 is 2.45 bits per heavy atom. The number of halogens is 1. The molecule has 1 saturated heterocycles. The summed E-state index contributed by atoms with van der Waals surface area (Å²) in [6.45, 7) is -0.165. The van der Waals surface area contributed by atoms with E-state index in [1.54, 1.807) is 0 Å². The number of hydrogen-bond donors (Lipinski definition) is 2. The molecule has 3 nitrogen and oxygen atoms in total. The second kappa shape index (κ2) is 4.07. The molecule has 2 radical (unpaired) electrons. The van der Waals surface area contributed by atoms with Crippen molar-refractivity contribution in [1.82, 2.24) is 0 Å². The van der Waals surface area contributed by atoms with E-state index in [1.165, 1.54) is 0 Å². The third-order valence-electron chi connectivity index (χ3n) is 1.93. The van der Waals surface area contributed by atoms with Crippen LogP contribution in [0.2, 0.25) is 0 Å². The predicted octanol–water partition coefficient (Wildman–Crippen LogP) is -0.716. The summed E-state index contributed by atoms with van der Waals surface area (Å²) in [6.07, 6.45) is -1.11. The van der Waals surface area contributed by atoms with Gasteiger partial charge in [0.05, 0.1) is 12.7 Å². The molecule has 62 valence electrons. The molecule has 0 aromatic heterocycles. The van der Waals surface area contributed by atoms with Gasteiger partial charge >= 0.3 is 0 Å². The molecule has 0 spiro atoms. The zero-order valence-corrected chi connectivity index (χ0v) is 8.14. The summed E-state index contributed by atoms with van der Waals surface area (Å²) >= 11 is 2.14. The topological polar surface area (TPSA) is 49.7 Å². The molecule has 1 heterocycles. The van der Waals surface area contributed by atoms with Crippen LogP contribution in [-0.2, 0) is 4.74 Å². The maximum atomic E-state index is 9.45. The molecule has 0 aliphatic carbocycles. The molecular formula is C6H10BIO3. The Hall–Kier alpha value is 0.675. The van der Waals surface area contributed by atoms with Gasteiger partial charge in [-0.3, -0.25) is 0 Å². The Morgan fingerprint density at radius 2 is 2.18 bits per heavy atom. The standard InChI is InChI=1S/C6H10BIO3/c7-6-3(1-8)5(10)4(2-9)11-6/h3-6,9-10H,1-2H2/t3-,4-,5+,6-/m1/s1. The minimum absolute atomic E-state index is 0.0484. The molecule has 0 bridgehead atoms. The highest BCUT2D eigenvalue weighted by molar-refractivity contribution is 14.1. The minimum Gasteiger partial charge on any atom is -0.394 e. The maximum Gasteiger partial charge on any atom is 0.109 e. The lowest BCUT2D eigenvalue weighted by atomic mass is 9.86. The summed E-state index contributed by atoms with van der Waals surface area (Å²) in [5, 5.41) is 18.2. The van der Waals surface area contributed by atoms with Gasteiger partial charge in [-0.15, -0.1) is 0 Å². The zero-order valence-electron chi connectivity index (χ0n) is 5.98. The van der Waals surface area contributed by atoms with Crippen molar-refractivity contribution in [1.29, 1.82) is 0 Å². The molecule has 0 unspecified atom stereocenters. The van der Waals surface area contributed by atoms with E-state index >= 15 is 0 Å². The Balaban J connectivity index is 2.55. The van der Waals surface area contributed by atoms with Crippen molar-refractivity contribution in [3.63, 3.8) is 0 Å². The van der Waals surface area contributed by atoms with Gasteiger partial charge < -0.3 is 14.9 Å². The van der Waals surface area contributed by atoms with Gasteiger partial charge in [-0.2, -0.15) is 0 Å². The number of alkyl halides is 1. The third kappa shape index (κ3) is 1.88. The number of hydrogen-bond acceptors (Lipinski definition) is 3. The SMILES string of the molecule is [B][C@@H]1O[C@H](CO)[C@@H](O)[C@H]1CI. The highest BCUT2D eigenvalue weighted by Gasteiger charge is 2.39. The second-order valence-corrected chi connectivity index (χ2v) is 3.51. The van der Waals surface area contributed by atoms with Crippen LogP contribution >= 0.6 is 22.6 Å². The van der Waals surface area contributed by atoms with Crippen LogP contribution in [0.3, 0.4) is 0 Å². The van der Waals surface area contributed by atoms with Gasteiger partial charge in [-0.25, -0.2) is 0 Å². The quantitative estimate of drug-likeness (QED) is 0.395. The van der Waals surface area contributed by atoms with E-state index in [0.717, 1.165) is 4.43 Å². The van der Waals surface area contributed by atoms with Gasteiger partial charge in [0.2, 0.25) is 0 Å². The highest BCUT2D eigenvalue weighted by Crippen LogP contribution is 2.26. The molecule has 0 aromatic carbocycles. The zero-order chi connectivity index (χ0) is 8.43. The van der Waals surface area contributed by atoms with Crippen LogP contribution in [0.1, 0.15) is 0 Å². The minimum atomic E-state index is -0.619. The Bertz CT molecular complexity index is 135. The first-order chi connectivity index (χ1) is 5.20. The average molecular weight is 268 g/mol. The monoisotopic (exact) mass is 268 g/mol. The van der Waals surface area contributed by atoms with E-state index in [9.17, 15) is 5.11 Å². The van der Waals surface area contributed by atoms with E-state index in [0.29, 0.717) is 0 Å². The molecule has 0 aromatic rings. The number of aliphatic hydroxyl groups is 2. The molecule has 1 aliphatic heterocycles. The predicted molar refractivity (Wildman–Crippen MR) is 49.9 cm³/mol. The Morgan fingerprint density at radius 1 is 1.55 bits per heavy atom. The molecule has 5 heteroatoms. The van der Waals surface area contributed by atoms with Gasteiger partial charge in [0.1, 0.15) is 14.0 Å². The molecule has 11 heavy (non-hydrogen) atoms. The van der Waals surface area contributed by atoms with E-state index in [4.69, 9.17) is 17.7 Å². The largest absolute Gasteiger partial charge is 0.394 e. The van der Waals surface area contributed by atoms with Crippen molar-refractivity contribution in [2.45, 2.75) is 18.2 Å². The van der Waals surface area contributed by atoms with Gasteiger partial charge in [-0.05, 0) is 0 Å². The van der Waals surface area contributed by atoms with Crippen molar-refractivity contribution in [3.8, 4) is 0 Å². The fraction of sp³-hybridized carbons (Fsp3) is 1.00. The normalized spacial score (nSPS) is 44.6. The van der Waals surface area contributed by atoms with Gasteiger partial charge in [0.25, 0.3) is 0 Å². The van der Waals surface area contributed by atoms with Gasteiger partial charge in [-0.1, -0.05) is 22.6 Å². The molecular weight excluding hydrogens is 258 g/mol. The summed E-state index contributed by atoms with van der Waals surface area (Å²) in [4.78, 5) is 0. The van der Waals surface area contributed by atoms with Crippen LogP contribution in [-0.4, -0.2) is 47.3 Å². The van der Waals surface area contributed by atoms with Crippen LogP contribution in [0.25, 0.3) is 0 Å². The summed E-state index contributed by atoms with van der Waals surface area (Å²) in [5.41, 5.74) is 0. The van der Waals surface area contributed by atoms with Crippen LogP contribution in [0.15, 0.2) is 0 Å². The summed E-state index contributed by atoms with van der Waals surface area (Å²) in [7, 11) is 5.55. The molecule has 2 N–H and O–H groups in total. The van der Waals surface area contributed by atoms with Crippen LogP contribution < -0.4 is 0 Å². The van der Waals surface area contributed by atoms with Gasteiger partial charge in [0.15, 0.2) is 0 Å². The molecule has 1 aliphatic rings. The number of aliphatic hydroxyl groups excluding tert-OH is 2. The van der Waals surface area contributed by atoms with Crippen molar-refractivity contribution < 1.29 is 14.9 Å². The molecule has 1 fully saturated rings. The van der Waals surface area contributed by atoms with Crippen LogP contribution in [0, 0.1) is 5.92 Å². The van der Waals surface area contributed by atoms with Crippen molar-refractivity contribution in [2.75, 3.05) is 11.0 Å². The molecule has 0 saturated carbocycles. The first-order valence-corrected chi connectivity index (χ1v) is 4.99. The fourth-order valence-electron chi connectivity index (χ4n) is 1.18. The van der Waals surface area contributed by atoms with Crippen molar-refractivity contribution >= 4 is 30.4 Å². The number of rotatable bonds is 2. The molecule has 1 rings (SSSR count). The Labute approximate surface area is 80.7 Å². The van der Waals surface area contributed by atoms with Crippen molar-refractivity contribution in [2.24, 2.45) is 5.92 Å². The second-order valence-electron chi connectivity index (χ2n) is 2.63. The lowest BCUT2D eigenvalue weighted by Crippen LogP contribution is -2.30. The fourth-order valence-corrected chi connectivity index (χ4v) is 2.21. The van der Waals surface area contributed by atoms with Crippen molar-refractivity contribution in [3.05, 3.63) is 0 Å². The van der Waals surface area contributed by atoms with E-state index in [2.05, 4.69) is 22.6 Å². The average Bonchev–Trinajstić information content (AvgIpc) is 2.26. The maximum absolute atomic E-state index is 9.45. The van der Waals surface area contributed by atoms with Gasteiger partial charge in [0, 0.05) is 16.3 Å². The van der Waals surface area contributed by atoms with E-state index in [1.807, 2.05) is 0 Å². The third-order valence-corrected chi connectivity index (χ3v) is 2.95. The highest BCUT2D eigenvalue weighted by atomic mass is 127.